The topological polar surface area (TPSA) is 57.9 Å². The maximum Gasteiger partial charge on any atom is 0.175 e. The monoisotopic (exact) mass is 249 g/mol. The number of nitrogens with zero attached hydrogens (tertiary/aromatic N) is 1. The number of hydrogen-bond acceptors (Lipinski definition) is 3. The van der Waals surface area contributed by atoms with E-state index < -0.39 is 15.3 Å². The van der Waals surface area contributed by atoms with Gasteiger partial charge in [-0.3, -0.25) is 0 Å². The van der Waals surface area contributed by atoms with E-state index in [4.69, 9.17) is 0 Å². The molecular weight excluding hydrogens is 234 g/mol. The van der Waals surface area contributed by atoms with Crippen LogP contribution in [-0.2, 0) is 15.3 Å². The second kappa shape index (κ2) is 4.15. The highest BCUT2D eigenvalue weighted by Gasteiger charge is 2.36. The van der Waals surface area contributed by atoms with E-state index in [-0.39, 0.29) is 0 Å². The zero-order chi connectivity index (χ0) is 12.5. The van der Waals surface area contributed by atoms with Crippen LogP contribution in [0, 0.1) is 11.3 Å². The summed E-state index contributed by atoms with van der Waals surface area (Å²) in [5.41, 5.74) is 0.376. The highest BCUT2D eigenvalue weighted by molar-refractivity contribution is 7.90. The van der Waals surface area contributed by atoms with Gasteiger partial charge in [0.2, 0.25) is 0 Å². The fourth-order valence-electron chi connectivity index (χ4n) is 2.47. The van der Waals surface area contributed by atoms with Crippen molar-refractivity contribution in [3.63, 3.8) is 0 Å². The molecule has 3 nitrogen and oxygen atoms in total. The van der Waals surface area contributed by atoms with Crippen LogP contribution in [-0.4, -0.2) is 14.7 Å². The zero-order valence-corrected chi connectivity index (χ0v) is 10.6. The molecular formula is C13H15NO2S. The van der Waals surface area contributed by atoms with Gasteiger partial charge in [0.1, 0.15) is 0 Å². The molecule has 1 fully saturated rings. The summed E-state index contributed by atoms with van der Waals surface area (Å²) in [5, 5.41) is 9.36. The summed E-state index contributed by atoms with van der Waals surface area (Å²) in [4.78, 5) is 0.302. The van der Waals surface area contributed by atoms with Crippen LogP contribution in [0.2, 0.25) is 0 Å². The third kappa shape index (κ3) is 2.20. The molecule has 17 heavy (non-hydrogen) atoms. The summed E-state index contributed by atoms with van der Waals surface area (Å²) in [7, 11) is -3.20. The van der Waals surface area contributed by atoms with Crippen molar-refractivity contribution in [1.29, 1.82) is 5.26 Å². The molecule has 2 rings (SSSR count). The smallest absolute Gasteiger partial charge is 0.175 e. The van der Waals surface area contributed by atoms with Crippen molar-refractivity contribution >= 4 is 9.84 Å². The Hall–Kier alpha value is -1.34. The van der Waals surface area contributed by atoms with Crippen LogP contribution in [0.15, 0.2) is 29.2 Å². The van der Waals surface area contributed by atoms with Crippen molar-refractivity contribution in [2.24, 2.45) is 0 Å². The van der Waals surface area contributed by atoms with Gasteiger partial charge in [-0.2, -0.15) is 5.26 Å². The normalized spacial score (nSPS) is 18.8. The second-order valence-corrected chi connectivity index (χ2v) is 6.72. The molecule has 0 atom stereocenters. The van der Waals surface area contributed by atoms with Gasteiger partial charge in [0.05, 0.1) is 16.4 Å². The lowest BCUT2D eigenvalue weighted by Gasteiger charge is -2.21. The number of benzene rings is 1. The van der Waals surface area contributed by atoms with Crippen LogP contribution in [0.4, 0.5) is 0 Å². The summed E-state index contributed by atoms with van der Waals surface area (Å²) < 4.78 is 23.0. The first kappa shape index (κ1) is 12.1. The first-order valence-electron chi connectivity index (χ1n) is 5.70. The van der Waals surface area contributed by atoms with Crippen LogP contribution in [0.5, 0.6) is 0 Å². The molecule has 0 bridgehead atoms. The molecule has 0 amide bonds. The molecule has 1 aliphatic carbocycles. The maximum absolute atomic E-state index is 11.5. The molecule has 1 saturated carbocycles. The molecule has 0 heterocycles. The fraction of sp³-hybridized carbons (Fsp3) is 0.462. The summed E-state index contributed by atoms with van der Waals surface area (Å²) >= 11 is 0. The van der Waals surface area contributed by atoms with Gasteiger partial charge in [-0.25, -0.2) is 8.42 Å². The van der Waals surface area contributed by atoms with Gasteiger partial charge in [0.25, 0.3) is 0 Å². The molecule has 0 unspecified atom stereocenters. The molecule has 0 aromatic heterocycles. The van der Waals surface area contributed by atoms with E-state index in [9.17, 15) is 13.7 Å². The Morgan fingerprint density at radius 1 is 1.29 bits per heavy atom. The second-order valence-electron chi connectivity index (χ2n) is 4.70. The molecule has 1 aromatic carbocycles. The average molecular weight is 249 g/mol. The van der Waals surface area contributed by atoms with Crippen molar-refractivity contribution in [3.05, 3.63) is 29.8 Å². The first-order chi connectivity index (χ1) is 7.98. The highest BCUT2D eigenvalue weighted by atomic mass is 32.2. The van der Waals surface area contributed by atoms with E-state index >= 15 is 0 Å². The largest absolute Gasteiger partial charge is 0.224 e. The lowest BCUT2D eigenvalue weighted by atomic mass is 9.80. The Kier molecular flexibility index (Phi) is 2.96. The Morgan fingerprint density at radius 2 is 1.94 bits per heavy atom. The van der Waals surface area contributed by atoms with Gasteiger partial charge >= 0.3 is 0 Å². The van der Waals surface area contributed by atoms with Gasteiger partial charge in [-0.15, -0.1) is 0 Å². The molecule has 0 N–H and O–H groups in total. The van der Waals surface area contributed by atoms with Crippen LogP contribution in [0.1, 0.15) is 31.2 Å². The molecule has 90 valence electrons. The van der Waals surface area contributed by atoms with Crippen molar-refractivity contribution in [3.8, 4) is 6.07 Å². The first-order valence-corrected chi connectivity index (χ1v) is 7.59. The average Bonchev–Trinajstić information content (AvgIpc) is 2.78. The number of nitriles is 1. The minimum atomic E-state index is -3.20. The molecule has 0 radical (unpaired) electrons. The Bertz CT molecular complexity index is 563. The SMILES string of the molecule is CS(=O)(=O)c1cccc(C2(C#N)CCCC2)c1. The predicted molar refractivity (Wildman–Crippen MR) is 65.3 cm³/mol. The van der Waals surface area contributed by atoms with Crippen LogP contribution >= 0.6 is 0 Å². The van der Waals surface area contributed by atoms with E-state index in [1.54, 1.807) is 18.2 Å². The standard InChI is InChI=1S/C13H15NO2S/c1-17(15,16)12-6-4-5-11(9-12)13(10-14)7-2-3-8-13/h4-6,9H,2-3,7-8H2,1H3. The Balaban J connectivity index is 2.51. The zero-order valence-electron chi connectivity index (χ0n) is 9.81. The van der Waals surface area contributed by atoms with Gasteiger partial charge in [-0.1, -0.05) is 25.0 Å². The van der Waals surface area contributed by atoms with Crippen LogP contribution in [0.25, 0.3) is 0 Å². The quantitative estimate of drug-likeness (QED) is 0.808. The van der Waals surface area contributed by atoms with Gasteiger partial charge in [-0.05, 0) is 30.5 Å². The third-order valence-corrected chi connectivity index (χ3v) is 4.60. The third-order valence-electron chi connectivity index (χ3n) is 3.49. The number of hydrogen-bond donors (Lipinski definition) is 0. The Labute approximate surface area is 102 Å². The van der Waals surface area contributed by atoms with Crippen molar-refractivity contribution in [2.45, 2.75) is 36.0 Å². The van der Waals surface area contributed by atoms with Crippen LogP contribution < -0.4 is 0 Å². The molecule has 1 aromatic rings. The van der Waals surface area contributed by atoms with Gasteiger partial charge in [0, 0.05) is 6.26 Å². The molecule has 0 aliphatic heterocycles. The van der Waals surface area contributed by atoms with Gasteiger partial charge in [0.15, 0.2) is 9.84 Å². The molecule has 4 heteroatoms. The summed E-state index contributed by atoms with van der Waals surface area (Å²) in [5.74, 6) is 0. The minimum absolute atomic E-state index is 0.302. The predicted octanol–water partition coefficient (Wildman–Crippen LogP) is 2.43. The minimum Gasteiger partial charge on any atom is -0.224 e. The van der Waals surface area contributed by atoms with E-state index in [0.29, 0.717) is 4.90 Å². The van der Waals surface area contributed by atoms with Crippen molar-refractivity contribution in [1.82, 2.24) is 0 Å². The highest BCUT2D eigenvalue weighted by Crippen LogP contribution is 2.40. The van der Waals surface area contributed by atoms with E-state index in [1.807, 2.05) is 6.07 Å². The molecule has 1 aliphatic rings. The van der Waals surface area contributed by atoms with Crippen LogP contribution in [0.3, 0.4) is 0 Å². The Morgan fingerprint density at radius 3 is 2.47 bits per heavy atom. The molecule has 0 saturated heterocycles. The summed E-state index contributed by atoms with van der Waals surface area (Å²) in [6, 6.07) is 9.21. The van der Waals surface area contributed by atoms with E-state index in [0.717, 1.165) is 31.2 Å². The van der Waals surface area contributed by atoms with E-state index in [2.05, 4.69) is 6.07 Å². The van der Waals surface area contributed by atoms with E-state index in [1.165, 1.54) is 6.26 Å². The van der Waals surface area contributed by atoms with Crippen molar-refractivity contribution in [2.75, 3.05) is 6.26 Å². The van der Waals surface area contributed by atoms with Crippen molar-refractivity contribution < 1.29 is 8.42 Å². The lowest BCUT2D eigenvalue weighted by molar-refractivity contribution is 0.570. The molecule has 0 spiro atoms. The summed E-state index contributed by atoms with van der Waals surface area (Å²) in [6.45, 7) is 0. The fourth-order valence-corrected chi connectivity index (χ4v) is 3.13. The lowest BCUT2D eigenvalue weighted by Crippen LogP contribution is -2.19. The number of sulfone groups is 1. The maximum atomic E-state index is 11.5. The summed E-state index contributed by atoms with van der Waals surface area (Å²) in [6.07, 6.45) is 4.93. The number of rotatable bonds is 2. The van der Waals surface area contributed by atoms with Gasteiger partial charge < -0.3 is 0 Å².